The van der Waals surface area contributed by atoms with Gasteiger partial charge in [0.15, 0.2) is 12.0 Å². The van der Waals surface area contributed by atoms with Gasteiger partial charge in [0, 0.05) is 0 Å². The Morgan fingerprint density at radius 1 is 0.735 bits per heavy atom. The van der Waals surface area contributed by atoms with Crippen molar-refractivity contribution in [1.82, 2.24) is 0 Å². The summed E-state index contributed by atoms with van der Waals surface area (Å²) < 4.78 is 27.1. The van der Waals surface area contributed by atoms with E-state index < -0.39 is 98.9 Å². The molecular formula is C20H34O14. The van der Waals surface area contributed by atoms with Crippen molar-refractivity contribution >= 4 is 0 Å². The minimum atomic E-state index is -1.71. The lowest BCUT2D eigenvalue weighted by molar-refractivity contribution is -0.338. The molecule has 14 nitrogen and oxygen atoms in total. The summed E-state index contributed by atoms with van der Waals surface area (Å²) in [6, 6.07) is 0. The van der Waals surface area contributed by atoms with Gasteiger partial charge in [-0.1, -0.05) is 0 Å². The third-order valence-electron chi connectivity index (χ3n) is 6.29. The molecule has 34 heavy (non-hydrogen) atoms. The highest BCUT2D eigenvalue weighted by molar-refractivity contribution is 5.07. The fraction of sp³-hybridized carbons (Fsp3) is 0.900. The van der Waals surface area contributed by atoms with Crippen molar-refractivity contribution in [2.45, 2.75) is 99.5 Å². The molecule has 9 N–H and O–H groups in total. The molecule has 14 atom stereocenters. The molecule has 0 spiro atoms. The van der Waals surface area contributed by atoms with E-state index in [1.807, 2.05) is 0 Å². The Bertz CT molecular complexity index is 690. The number of rotatable bonds is 6. The molecule has 3 aliphatic rings. The van der Waals surface area contributed by atoms with Crippen LogP contribution in [-0.2, 0) is 23.7 Å². The van der Waals surface area contributed by atoms with E-state index in [0.717, 1.165) is 6.26 Å². The zero-order valence-corrected chi connectivity index (χ0v) is 18.6. The van der Waals surface area contributed by atoms with Crippen LogP contribution in [0.25, 0.3) is 0 Å². The van der Waals surface area contributed by atoms with Crippen LogP contribution >= 0.6 is 0 Å². The fourth-order valence-electron chi connectivity index (χ4n) is 4.12. The molecule has 0 radical (unpaired) electrons. The topological polar surface area (TPSA) is 228 Å². The quantitative estimate of drug-likeness (QED) is 0.156. The summed E-state index contributed by atoms with van der Waals surface area (Å²) in [6.07, 6.45) is -18.1. The maximum absolute atomic E-state index is 10.3. The molecule has 0 unspecified atom stereocenters. The van der Waals surface area contributed by atoms with E-state index in [4.69, 9.17) is 23.7 Å². The molecule has 0 aromatic heterocycles. The number of hydrogen-bond donors (Lipinski definition) is 9. The van der Waals surface area contributed by atoms with E-state index in [-0.39, 0.29) is 5.76 Å². The highest BCUT2D eigenvalue weighted by atomic mass is 16.7. The van der Waals surface area contributed by atoms with Gasteiger partial charge in [-0.05, 0) is 13.8 Å². The van der Waals surface area contributed by atoms with E-state index in [9.17, 15) is 46.0 Å². The highest BCUT2D eigenvalue weighted by Gasteiger charge is 2.49. The van der Waals surface area contributed by atoms with E-state index >= 15 is 0 Å². The Kier molecular flexibility index (Phi) is 9.11. The number of ether oxygens (including phenoxy) is 5. The van der Waals surface area contributed by atoms with Gasteiger partial charge in [-0.15, -0.1) is 0 Å². The first-order chi connectivity index (χ1) is 16.0. The van der Waals surface area contributed by atoms with Crippen LogP contribution in [0.2, 0.25) is 0 Å². The maximum atomic E-state index is 10.3. The van der Waals surface area contributed by atoms with E-state index in [1.54, 1.807) is 13.8 Å². The Morgan fingerprint density at radius 3 is 2.03 bits per heavy atom. The monoisotopic (exact) mass is 498 g/mol. The number of aliphatic hydroxyl groups is 9. The van der Waals surface area contributed by atoms with E-state index in [2.05, 4.69) is 0 Å². The van der Waals surface area contributed by atoms with Crippen LogP contribution < -0.4 is 0 Å². The fourth-order valence-corrected chi connectivity index (χ4v) is 4.12. The van der Waals surface area contributed by atoms with Crippen LogP contribution in [0.15, 0.2) is 12.0 Å². The minimum Gasteiger partial charge on any atom is -0.495 e. The average molecular weight is 498 g/mol. The van der Waals surface area contributed by atoms with Gasteiger partial charge in [0.25, 0.3) is 0 Å². The molecule has 3 aliphatic heterocycles. The predicted molar refractivity (Wildman–Crippen MR) is 108 cm³/mol. The molecule has 0 saturated carbocycles. The van der Waals surface area contributed by atoms with Crippen molar-refractivity contribution in [2.24, 2.45) is 0 Å². The molecule has 0 bridgehead atoms. The van der Waals surface area contributed by atoms with Gasteiger partial charge in [-0.3, -0.25) is 0 Å². The summed E-state index contributed by atoms with van der Waals surface area (Å²) in [5, 5.41) is 90.0. The maximum Gasteiger partial charge on any atom is 0.187 e. The van der Waals surface area contributed by atoms with Crippen molar-refractivity contribution in [1.29, 1.82) is 0 Å². The van der Waals surface area contributed by atoms with Gasteiger partial charge < -0.3 is 69.6 Å². The molecule has 3 heterocycles. The van der Waals surface area contributed by atoms with Crippen LogP contribution in [0.5, 0.6) is 0 Å². The summed E-state index contributed by atoms with van der Waals surface area (Å²) in [5.41, 5.74) is 0. The van der Waals surface area contributed by atoms with E-state index in [0.29, 0.717) is 0 Å². The van der Waals surface area contributed by atoms with Gasteiger partial charge in [0.2, 0.25) is 0 Å². The molecule has 14 heteroatoms. The van der Waals surface area contributed by atoms with Crippen LogP contribution in [-0.4, -0.2) is 145 Å². The molecular weight excluding hydrogens is 464 g/mol. The third kappa shape index (κ3) is 5.48. The van der Waals surface area contributed by atoms with Gasteiger partial charge in [0.1, 0.15) is 80.0 Å². The van der Waals surface area contributed by atoms with Crippen LogP contribution in [0, 0.1) is 0 Å². The molecule has 0 amide bonds. The average Bonchev–Trinajstić information content (AvgIpc) is 2.81. The Morgan fingerprint density at radius 2 is 1.38 bits per heavy atom. The van der Waals surface area contributed by atoms with E-state index in [1.165, 1.54) is 0 Å². The van der Waals surface area contributed by atoms with Crippen LogP contribution in [0.4, 0.5) is 0 Å². The van der Waals surface area contributed by atoms with Gasteiger partial charge >= 0.3 is 0 Å². The predicted octanol–water partition coefficient (Wildman–Crippen LogP) is -4.96. The molecule has 0 aromatic carbocycles. The zero-order valence-electron chi connectivity index (χ0n) is 18.6. The van der Waals surface area contributed by atoms with Crippen molar-refractivity contribution in [3.05, 3.63) is 12.0 Å². The number of hydrogen-bond acceptors (Lipinski definition) is 14. The molecule has 198 valence electrons. The van der Waals surface area contributed by atoms with Crippen molar-refractivity contribution in [2.75, 3.05) is 13.2 Å². The van der Waals surface area contributed by atoms with Crippen molar-refractivity contribution in [3.8, 4) is 0 Å². The molecule has 3 saturated heterocycles. The minimum absolute atomic E-state index is 0.296. The SMILES string of the molecule is C[C@@H]1O[C@H](C)[C@H](O)[C@@H](O)[C@@H]1O[C@@H]1O[C@H](COC=C2O[C@H](CO)[C@@H](O)[C@H](O)[C@H]2O)[C@@H](O)[C@H](O)[C@H]1O. The van der Waals surface area contributed by atoms with Gasteiger partial charge in [-0.2, -0.15) is 0 Å². The Labute approximate surface area is 195 Å². The molecule has 0 aromatic rings. The second-order valence-corrected chi connectivity index (χ2v) is 8.76. The van der Waals surface area contributed by atoms with Crippen molar-refractivity contribution < 1.29 is 69.6 Å². The third-order valence-corrected chi connectivity index (χ3v) is 6.29. The Hall–Kier alpha value is -1.14. The highest BCUT2D eigenvalue weighted by Crippen LogP contribution is 2.29. The number of aliphatic hydroxyl groups excluding tert-OH is 9. The molecule has 0 aliphatic carbocycles. The van der Waals surface area contributed by atoms with Crippen molar-refractivity contribution in [3.63, 3.8) is 0 Å². The summed E-state index contributed by atoms with van der Waals surface area (Å²) in [6.45, 7) is 2.08. The van der Waals surface area contributed by atoms with Crippen LogP contribution in [0.3, 0.4) is 0 Å². The molecule has 3 fully saturated rings. The second-order valence-electron chi connectivity index (χ2n) is 8.76. The normalized spacial score (nSPS) is 51.2. The lowest BCUT2D eigenvalue weighted by Crippen LogP contribution is -2.63. The summed E-state index contributed by atoms with van der Waals surface area (Å²) in [7, 11) is 0. The Balaban J connectivity index is 1.64. The first kappa shape index (κ1) is 27.4. The lowest BCUT2D eigenvalue weighted by atomic mass is 9.95. The van der Waals surface area contributed by atoms with Gasteiger partial charge in [0.05, 0.1) is 18.8 Å². The first-order valence-electron chi connectivity index (χ1n) is 11.0. The summed E-state index contributed by atoms with van der Waals surface area (Å²) in [4.78, 5) is 0. The molecule has 3 rings (SSSR count). The lowest BCUT2D eigenvalue weighted by Gasteiger charge is -2.45. The summed E-state index contributed by atoms with van der Waals surface area (Å²) >= 11 is 0. The van der Waals surface area contributed by atoms with Gasteiger partial charge in [-0.25, -0.2) is 0 Å². The first-order valence-corrected chi connectivity index (χ1v) is 11.0. The standard InChI is InChI=1S/C20H34O14/c1-6-11(22)17(28)19(7(2)31-6)34-20-18(29)16(27)14(25)10(33-20)5-30-4-9-13(24)15(26)12(23)8(3-21)32-9/h4,6-8,10-29H,3,5H2,1-2H3/t6-,7+,8-,10-,11+,12-,13+,14-,15+,16+,17-,18-,19-,20+/m1/s1. The smallest absolute Gasteiger partial charge is 0.187 e. The zero-order chi connectivity index (χ0) is 25.3. The summed E-state index contributed by atoms with van der Waals surface area (Å²) in [5.74, 6) is -0.296. The second kappa shape index (κ2) is 11.3. The largest absolute Gasteiger partial charge is 0.495 e. The van der Waals surface area contributed by atoms with Crippen LogP contribution in [0.1, 0.15) is 13.8 Å².